The average Bonchev–Trinajstić information content (AvgIpc) is 2.42. The summed E-state index contributed by atoms with van der Waals surface area (Å²) in [6, 6.07) is 4.98. The number of ether oxygens (including phenoxy) is 2. The second-order valence-corrected chi connectivity index (χ2v) is 6.97. The van der Waals surface area contributed by atoms with Gasteiger partial charge in [0.25, 0.3) is 0 Å². The molecule has 1 aromatic rings. The largest absolute Gasteiger partial charge is 0.573 e. The molecule has 0 amide bonds. The van der Waals surface area contributed by atoms with Gasteiger partial charge in [0.05, 0.1) is 25.5 Å². The number of nitrogens with zero attached hydrogens (tertiary/aromatic N) is 1. The third-order valence-electron chi connectivity index (χ3n) is 2.48. The lowest BCUT2D eigenvalue weighted by Crippen LogP contribution is -2.23. The van der Waals surface area contributed by atoms with E-state index in [0.29, 0.717) is 5.69 Å². The Labute approximate surface area is 160 Å². The molecule has 1 aromatic carbocycles. The first-order valence-electron chi connectivity index (χ1n) is 6.73. The molecule has 0 saturated heterocycles. The first-order valence-corrected chi connectivity index (χ1v) is 8.79. The Bertz CT molecular complexity index is 651. The molecule has 1 rings (SSSR count). The normalized spacial score (nSPS) is 12.4. The van der Waals surface area contributed by atoms with Crippen molar-refractivity contribution in [2.75, 3.05) is 37.1 Å². The maximum atomic E-state index is 12.0. The average molecular weight is 497 g/mol. The lowest BCUT2D eigenvalue weighted by molar-refractivity contribution is -0.274. The van der Waals surface area contributed by atoms with Crippen LogP contribution in [-0.2, 0) is 14.6 Å². The smallest absolute Gasteiger partial charge is 0.406 e. The van der Waals surface area contributed by atoms with Crippen LogP contribution in [0, 0.1) is 0 Å². The van der Waals surface area contributed by atoms with E-state index in [1.807, 2.05) is 0 Å². The molecule has 0 spiro atoms. The van der Waals surface area contributed by atoms with E-state index in [4.69, 9.17) is 10.5 Å². The molecule has 3 N–H and O–H groups in total. The minimum atomic E-state index is -4.74. The van der Waals surface area contributed by atoms with Crippen molar-refractivity contribution in [1.29, 1.82) is 0 Å². The van der Waals surface area contributed by atoms with Gasteiger partial charge < -0.3 is 20.5 Å². The zero-order valence-corrected chi connectivity index (χ0v) is 16.4. The molecule has 0 unspecified atom stereocenters. The van der Waals surface area contributed by atoms with E-state index in [2.05, 4.69) is 15.0 Å². The van der Waals surface area contributed by atoms with Crippen molar-refractivity contribution in [3.05, 3.63) is 24.3 Å². The van der Waals surface area contributed by atoms with E-state index in [-0.39, 0.29) is 61.2 Å². The van der Waals surface area contributed by atoms with Gasteiger partial charge in [-0.2, -0.15) is 0 Å². The number of sulfone groups is 1. The van der Waals surface area contributed by atoms with Crippen molar-refractivity contribution in [1.82, 2.24) is 0 Å². The number of hydrogen-bond donors (Lipinski definition) is 2. The Hall–Kier alpha value is -1.28. The molecule has 0 heterocycles. The summed E-state index contributed by atoms with van der Waals surface area (Å²) in [7, 11) is -3.06. The van der Waals surface area contributed by atoms with E-state index < -0.39 is 16.2 Å². The number of benzene rings is 1. The summed E-state index contributed by atoms with van der Waals surface area (Å²) in [5.74, 6) is -0.370. The van der Waals surface area contributed by atoms with Crippen molar-refractivity contribution in [2.45, 2.75) is 6.36 Å². The molecule has 7 nitrogen and oxygen atoms in total. The van der Waals surface area contributed by atoms with Gasteiger partial charge in [0, 0.05) is 11.9 Å². The number of nitrogens with one attached hydrogen (secondary N) is 1. The third kappa shape index (κ3) is 12.7. The van der Waals surface area contributed by atoms with Gasteiger partial charge in [-0.15, -0.1) is 37.1 Å². The summed E-state index contributed by atoms with van der Waals surface area (Å²) in [5, 5.41) is 2.69. The standard InChI is InChI=1S/C13H18F3N3O4S.HI/c1-24(20,21)9-8-22-7-6-18-12(17)19-10-2-4-11(5-3-10)23-13(14,15)16;/h2-5H,6-9H2,1H3,(H3,17,18,19);1H. The number of rotatable bonds is 8. The Morgan fingerprint density at radius 3 is 2.36 bits per heavy atom. The van der Waals surface area contributed by atoms with Gasteiger partial charge in [0.1, 0.15) is 15.6 Å². The van der Waals surface area contributed by atoms with Gasteiger partial charge in [-0.3, -0.25) is 4.99 Å². The third-order valence-corrected chi connectivity index (χ3v) is 3.38. The van der Waals surface area contributed by atoms with Crippen LogP contribution >= 0.6 is 24.0 Å². The molecule has 0 aliphatic heterocycles. The molecule has 0 atom stereocenters. The van der Waals surface area contributed by atoms with Crippen LogP contribution in [0.15, 0.2) is 29.3 Å². The van der Waals surface area contributed by atoms with E-state index in [1.54, 1.807) is 0 Å². The second kappa shape index (κ2) is 10.7. The zero-order valence-electron chi connectivity index (χ0n) is 13.2. The van der Waals surface area contributed by atoms with Crippen molar-refractivity contribution < 1.29 is 31.1 Å². The molecule has 0 aromatic heterocycles. The first-order chi connectivity index (χ1) is 11.1. The maximum Gasteiger partial charge on any atom is 0.573 e. The lowest BCUT2D eigenvalue weighted by atomic mass is 10.3. The van der Waals surface area contributed by atoms with Crippen LogP contribution in [0.2, 0.25) is 0 Å². The fourth-order valence-corrected chi connectivity index (χ4v) is 1.89. The van der Waals surface area contributed by atoms with Gasteiger partial charge in [-0.05, 0) is 24.3 Å². The predicted molar refractivity (Wildman–Crippen MR) is 99.2 cm³/mol. The lowest BCUT2D eigenvalue weighted by Gasteiger charge is -2.10. The molecule has 0 bridgehead atoms. The number of nitrogens with two attached hydrogens (primary N) is 1. The SMILES string of the molecule is CS(=O)(=O)CCOCCN=C(N)Nc1ccc(OC(F)(F)F)cc1.I. The van der Waals surface area contributed by atoms with Crippen molar-refractivity contribution in [2.24, 2.45) is 10.7 Å². The van der Waals surface area contributed by atoms with E-state index >= 15 is 0 Å². The maximum absolute atomic E-state index is 12.0. The minimum Gasteiger partial charge on any atom is -0.406 e. The zero-order chi connectivity index (χ0) is 18.2. The summed E-state index contributed by atoms with van der Waals surface area (Å²) >= 11 is 0. The predicted octanol–water partition coefficient (Wildman–Crippen LogP) is 1.99. The first kappa shape index (κ1) is 23.7. The molecule has 0 saturated carbocycles. The highest BCUT2D eigenvalue weighted by Crippen LogP contribution is 2.23. The quantitative estimate of drug-likeness (QED) is 0.247. The summed E-state index contributed by atoms with van der Waals surface area (Å²) in [6.45, 7) is 0.469. The Balaban J connectivity index is 0.00000576. The molecular weight excluding hydrogens is 478 g/mol. The summed E-state index contributed by atoms with van der Waals surface area (Å²) in [5.41, 5.74) is 6.04. The molecule has 144 valence electrons. The van der Waals surface area contributed by atoms with Crippen LogP contribution in [0.4, 0.5) is 18.9 Å². The van der Waals surface area contributed by atoms with E-state index in [1.165, 1.54) is 12.1 Å². The van der Waals surface area contributed by atoms with Crippen LogP contribution in [0.5, 0.6) is 5.75 Å². The molecule has 0 aliphatic rings. The van der Waals surface area contributed by atoms with Crippen LogP contribution in [0.1, 0.15) is 0 Å². The molecule has 12 heteroatoms. The highest BCUT2D eigenvalue weighted by atomic mass is 127. The molecule has 0 fully saturated rings. The van der Waals surface area contributed by atoms with Crippen LogP contribution < -0.4 is 15.8 Å². The van der Waals surface area contributed by atoms with Gasteiger partial charge in [-0.1, -0.05) is 0 Å². The van der Waals surface area contributed by atoms with Gasteiger partial charge in [-0.25, -0.2) is 8.42 Å². The fraction of sp³-hybridized carbons (Fsp3) is 0.462. The van der Waals surface area contributed by atoms with Crippen molar-refractivity contribution in [3.63, 3.8) is 0 Å². The summed E-state index contributed by atoms with van der Waals surface area (Å²) in [6.07, 6.45) is -3.63. The van der Waals surface area contributed by atoms with Crippen LogP contribution in [-0.4, -0.2) is 52.5 Å². The van der Waals surface area contributed by atoms with E-state index in [0.717, 1.165) is 18.4 Å². The number of anilines is 1. The Kier molecular flexibility index (Phi) is 10.1. The molecule has 0 radical (unpaired) electrons. The minimum absolute atomic E-state index is 0. The van der Waals surface area contributed by atoms with Gasteiger partial charge >= 0.3 is 6.36 Å². The van der Waals surface area contributed by atoms with Crippen molar-refractivity contribution >= 4 is 45.5 Å². The molecule has 0 aliphatic carbocycles. The van der Waals surface area contributed by atoms with E-state index in [9.17, 15) is 21.6 Å². The van der Waals surface area contributed by atoms with Crippen molar-refractivity contribution in [3.8, 4) is 5.75 Å². The van der Waals surface area contributed by atoms with Crippen LogP contribution in [0.25, 0.3) is 0 Å². The van der Waals surface area contributed by atoms with Gasteiger partial charge in [0.15, 0.2) is 5.96 Å². The summed E-state index contributed by atoms with van der Waals surface area (Å²) in [4.78, 5) is 3.93. The number of alkyl halides is 3. The topological polar surface area (TPSA) is 103 Å². The number of halogens is 4. The number of hydrogen-bond acceptors (Lipinski definition) is 5. The Morgan fingerprint density at radius 2 is 1.84 bits per heavy atom. The Morgan fingerprint density at radius 1 is 1.24 bits per heavy atom. The highest BCUT2D eigenvalue weighted by molar-refractivity contribution is 14.0. The number of aliphatic imine (C=N–C) groups is 1. The van der Waals surface area contributed by atoms with Crippen LogP contribution in [0.3, 0.4) is 0 Å². The monoisotopic (exact) mass is 497 g/mol. The molecular formula is C13H19F3IN3O4S. The number of guanidine groups is 1. The summed E-state index contributed by atoms with van der Waals surface area (Å²) < 4.78 is 66.6. The second-order valence-electron chi connectivity index (χ2n) is 4.71. The highest BCUT2D eigenvalue weighted by Gasteiger charge is 2.30. The van der Waals surface area contributed by atoms with Gasteiger partial charge in [0.2, 0.25) is 0 Å². The molecule has 25 heavy (non-hydrogen) atoms. The fourth-order valence-electron chi connectivity index (χ4n) is 1.47.